The Bertz CT molecular complexity index is 738. The summed E-state index contributed by atoms with van der Waals surface area (Å²) < 4.78 is 22.4. The largest absolute Gasteiger partial charge is 0.339 e. The molecule has 0 aliphatic heterocycles. The summed E-state index contributed by atoms with van der Waals surface area (Å²) in [5.41, 5.74) is 0.438. The zero-order chi connectivity index (χ0) is 16.3. The molecule has 0 saturated carbocycles. The molecule has 1 heterocycles. The van der Waals surface area contributed by atoms with Gasteiger partial charge in [0, 0.05) is 30.0 Å². The highest BCUT2D eigenvalue weighted by Gasteiger charge is 2.19. The lowest BCUT2D eigenvalue weighted by molar-refractivity contribution is 0.0744. The molecule has 22 heavy (non-hydrogen) atoms. The molecule has 0 aliphatic carbocycles. The Hall–Kier alpha value is -1.70. The van der Waals surface area contributed by atoms with Crippen molar-refractivity contribution < 1.29 is 13.2 Å². The first-order valence-corrected chi connectivity index (χ1v) is 9.14. The van der Waals surface area contributed by atoms with Crippen LogP contribution < -0.4 is 5.14 Å². The average Bonchev–Trinajstić information content (AvgIpc) is 2.97. The van der Waals surface area contributed by atoms with Crippen molar-refractivity contribution in [3.63, 3.8) is 0 Å². The number of primary sulfonamides is 1. The molecule has 1 aromatic heterocycles. The predicted molar refractivity (Wildman–Crippen MR) is 87.4 cm³/mol. The molecule has 0 saturated heterocycles. The van der Waals surface area contributed by atoms with Crippen molar-refractivity contribution >= 4 is 27.3 Å². The summed E-state index contributed by atoms with van der Waals surface area (Å²) >= 11 is 1.66. The molecular weight excluding hydrogens is 320 g/mol. The molecule has 5 nitrogen and oxygen atoms in total. The first-order valence-electron chi connectivity index (χ1n) is 6.71. The number of amides is 1. The Morgan fingerprint density at radius 2 is 1.91 bits per heavy atom. The van der Waals surface area contributed by atoms with Gasteiger partial charge in [0.05, 0.1) is 4.90 Å². The third-order valence-corrected chi connectivity index (χ3v) is 5.32. The Kier molecular flexibility index (Phi) is 5.00. The molecule has 0 radical (unpaired) electrons. The Labute approximate surface area is 134 Å². The summed E-state index contributed by atoms with van der Waals surface area (Å²) in [6, 6.07) is 9.73. The van der Waals surface area contributed by atoms with E-state index in [9.17, 15) is 13.2 Å². The summed E-state index contributed by atoms with van der Waals surface area (Å²) in [7, 11) is -2.00. The van der Waals surface area contributed by atoms with Crippen LogP contribution in [-0.2, 0) is 16.4 Å². The molecule has 2 aromatic rings. The van der Waals surface area contributed by atoms with Crippen LogP contribution in [0.25, 0.3) is 0 Å². The van der Waals surface area contributed by atoms with Gasteiger partial charge >= 0.3 is 0 Å². The van der Waals surface area contributed by atoms with Gasteiger partial charge in [-0.05, 0) is 42.6 Å². The van der Waals surface area contributed by atoms with Crippen LogP contribution in [0.5, 0.6) is 0 Å². The highest BCUT2D eigenvalue weighted by Crippen LogP contribution is 2.16. The maximum atomic E-state index is 12.4. The third kappa shape index (κ3) is 3.94. The molecular formula is C15H18N2O3S2. The van der Waals surface area contributed by atoms with Crippen LogP contribution in [0.4, 0.5) is 0 Å². The molecule has 2 N–H and O–H groups in total. The second kappa shape index (κ2) is 6.60. The SMILES string of the molecule is C[C@H](Cc1cccs1)N(C)C(=O)c1ccc(S(N)(=O)=O)cc1. The molecule has 0 bridgehead atoms. The van der Waals surface area contributed by atoms with Crippen LogP contribution in [0.1, 0.15) is 22.2 Å². The van der Waals surface area contributed by atoms with E-state index >= 15 is 0 Å². The van der Waals surface area contributed by atoms with E-state index < -0.39 is 10.0 Å². The van der Waals surface area contributed by atoms with Crippen molar-refractivity contribution in [1.82, 2.24) is 4.90 Å². The topological polar surface area (TPSA) is 80.5 Å². The van der Waals surface area contributed by atoms with E-state index in [4.69, 9.17) is 5.14 Å². The molecule has 1 atom stereocenters. The van der Waals surface area contributed by atoms with Crippen LogP contribution >= 0.6 is 11.3 Å². The second-order valence-electron chi connectivity index (χ2n) is 5.12. The van der Waals surface area contributed by atoms with Gasteiger partial charge in [0.15, 0.2) is 0 Å². The van der Waals surface area contributed by atoms with Crippen LogP contribution in [0.2, 0.25) is 0 Å². The molecule has 7 heteroatoms. The fourth-order valence-corrected chi connectivity index (χ4v) is 3.39. The Morgan fingerprint density at radius 3 is 2.41 bits per heavy atom. The van der Waals surface area contributed by atoms with Crippen molar-refractivity contribution in [3.8, 4) is 0 Å². The maximum absolute atomic E-state index is 12.4. The van der Waals surface area contributed by atoms with E-state index in [0.29, 0.717) is 5.56 Å². The normalized spacial score (nSPS) is 12.9. The minimum absolute atomic E-state index is 0.00154. The lowest BCUT2D eigenvalue weighted by Crippen LogP contribution is -2.36. The van der Waals surface area contributed by atoms with Gasteiger partial charge in [-0.25, -0.2) is 13.6 Å². The van der Waals surface area contributed by atoms with Gasteiger partial charge in [0.1, 0.15) is 0 Å². The highest BCUT2D eigenvalue weighted by atomic mass is 32.2. The van der Waals surface area contributed by atoms with Crippen LogP contribution in [0.3, 0.4) is 0 Å². The van der Waals surface area contributed by atoms with Gasteiger partial charge in [0.25, 0.3) is 5.91 Å². The summed E-state index contributed by atoms with van der Waals surface area (Å²) in [6.45, 7) is 1.98. The van der Waals surface area contributed by atoms with E-state index in [1.54, 1.807) is 23.3 Å². The quantitative estimate of drug-likeness (QED) is 0.906. The predicted octanol–water partition coefficient (Wildman–Crippen LogP) is 2.10. The number of sulfonamides is 1. The Balaban J connectivity index is 2.10. The van der Waals surface area contributed by atoms with E-state index in [1.165, 1.54) is 29.1 Å². The second-order valence-corrected chi connectivity index (χ2v) is 7.71. The number of thiophene rings is 1. The fraction of sp³-hybridized carbons (Fsp3) is 0.267. The first-order chi connectivity index (χ1) is 10.3. The molecule has 1 amide bonds. The number of nitrogens with zero attached hydrogens (tertiary/aromatic N) is 1. The number of likely N-dealkylation sites (N-methyl/N-ethyl adjacent to an activating group) is 1. The van der Waals surface area contributed by atoms with Gasteiger partial charge in [-0.3, -0.25) is 4.79 Å². The standard InChI is InChI=1S/C15H18N2O3S2/c1-11(10-13-4-3-9-21-13)17(2)15(18)12-5-7-14(8-6-12)22(16,19)20/h3-9,11H,10H2,1-2H3,(H2,16,19,20)/t11-/m1/s1. The summed E-state index contributed by atoms with van der Waals surface area (Å²) in [6.07, 6.45) is 0.787. The third-order valence-electron chi connectivity index (χ3n) is 3.49. The van der Waals surface area contributed by atoms with Crippen molar-refractivity contribution in [2.75, 3.05) is 7.05 Å². The van der Waals surface area contributed by atoms with Crippen molar-refractivity contribution in [2.24, 2.45) is 5.14 Å². The Morgan fingerprint density at radius 1 is 1.27 bits per heavy atom. The van der Waals surface area contributed by atoms with Crippen LogP contribution in [0, 0.1) is 0 Å². The lowest BCUT2D eigenvalue weighted by atomic mass is 10.1. The molecule has 2 rings (SSSR count). The number of rotatable bonds is 5. The van der Waals surface area contributed by atoms with Gasteiger partial charge in [-0.2, -0.15) is 0 Å². The average molecular weight is 338 g/mol. The van der Waals surface area contributed by atoms with Crippen LogP contribution in [0.15, 0.2) is 46.7 Å². The summed E-state index contributed by atoms with van der Waals surface area (Å²) in [5.74, 6) is -0.148. The van der Waals surface area contributed by atoms with Gasteiger partial charge < -0.3 is 4.90 Å². The first kappa shape index (κ1) is 16.7. The summed E-state index contributed by atoms with van der Waals surface area (Å²) in [4.78, 5) is 15.3. The minimum atomic E-state index is -3.74. The highest BCUT2D eigenvalue weighted by molar-refractivity contribution is 7.89. The number of carbonyl (C=O) groups is 1. The smallest absolute Gasteiger partial charge is 0.253 e. The molecule has 0 fully saturated rings. The minimum Gasteiger partial charge on any atom is -0.339 e. The molecule has 1 aromatic carbocycles. The van der Waals surface area contributed by atoms with E-state index in [-0.39, 0.29) is 16.8 Å². The lowest BCUT2D eigenvalue weighted by Gasteiger charge is -2.24. The molecule has 118 valence electrons. The van der Waals surface area contributed by atoms with Gasteiger partial charge in [0.2, 0.25) is 10.0 Å². The van der Waals surface area contributed by atoms with E-state index in [0.717, 1.165) is 6.42 Å². The zero-order valence-electron chi connectivity index (χ0n) is 12.4. The monoisotopic (exact) mass is 338 g/mol. The number of hydrogen-bond acceptors (Lipinski definition) is 4. The van der Waals surface area contributed by atoms with Crippen molar-refractivity contribution in [1.29, 1.82) is 0 Å². The van der Waals surface area contributed by atoms with Gasteiger partial charge in [-0.15, -0.1) is 11.3 Å². The molecule has 0 unspecified atom stereocenters. The molecule has 0 spiro atoms. The van der Waals surface area contributed by atoms with E-state index in [1.807, 2.05) is 24.4 Å². The van der Waals surface area contributed by atoms with Gasteiger partial charge in [-0.1, -0.05) is 6.07 Å². The van der Waals surface area contributed by atoms with E-state index in [2.05, 4.69) is 0 Å². The van der Waals surface area contributed by atoms with Crippen molar-refractivity contribution in [3.05, 3.63) is 52.2 Å². The summed E-state index contributed by atoms with van der Waals surface area (Å²) in [5, 5.41) is 7.05. The maximum Gasteiger partial charge on any atom is 0.253 e. The zero-order valence-corrected chi connectivity index (χ0v) is 14.0. The van der Waals surface area contributed by atoms with Crippen LogP contribution in [-0.4, -0.2) is 32.3 Å². The fourth-order valence-electron chi connectivity index (χ4n) is 2.05. The molecule has 0 aliphatic rings. The number of benzene rings is 1. The number of hydrogen-bond donors (Lipinski definition) is 1. The number of carbonyl (C=O) groups excluding carboxylic acids is 1. The van der Waals surface area contributed by atoms with Crippen molar-refractivity contribution in [2.45, 2.75) is 24.3 Å². The number of nitrogens with two attached hydrogens (primary N) is 1.